The zero-order chi connectivity index (χ0) is 13.5. The van der Waals surface area contributed by atoms with Crippen molar-refractivity contribution in [3.63, 3.8) is 0 Å². The minimum Gasteiger partial charge on any atom is -0.441 e. The summed E-state index contributed by atoms with van der Waals surface area (Å²) in [6.45, 7) is 4.35. The highest BCUT2D eigenvalue weighted by atomic mass is 16.3. The van der Waals surface area contributed by atoms with Gasteiger partial charge in [0, 0.05) is 6.42 Å². The number of fused-ring (bicyclic) bond motifs is 1. The number of unbranched alkanes of at least 4 members (excludes halogenated alkanes) is 6. The molecular formula is C17H25NO. The monoisotopic (exact) mass is 259 g/mol. The number of rotatable bonds is 8. The Labute approximate surface area is 116 Å². The third-order valence-corrected chi connectivity index (χ3v) is 3.58. The predicted octanol–water partition coefficient (Wildman–Crippen LogP) is 5.43. The van der Waals surface area contributed by atoms with Gasteiger partial charge < -0.3 is 4.42 Å². The van der Waals surface area contributed by atoms with Crippen molar-refractivity contribution < 1.29 is 4.42 Å². The van der Waals surface area contributed by atoms with Crippen LogP contribution in [0.1, 0.15) is 63.3 Å². The number of nitrogens with zero attached hydrogens (tertiary/aromatic N) is 1. The standard InChI is InChI=1S/C17H25NO/c1-3-4-5-6-7-8-9-10-17-18-15-13-14(2)11-12-16(15)19-17/h11-13H,3-10H2,1-2H3. The molecular weight excluding hydrogens is 234 g/mol. The Morgan fingerprint density at radius 1 is 1.00 bits per heavy atom. The molecule has 1 aromatic heterocycles. The molecule has 2 nitrogen and oxygen atoms in total. The molecule has 0 bridgehead atoms. The minimum atomic E-state index is 0.897. The minimum absolute atomic E-state index is 0.897. The molecule has 0 spiro atoms. The first-order valence-electron chi connectivity index (χ1n) is 7.65. The van der Waals surface area contributed by atoms with Crippen molar-refractivity contribution in [3.05, 3.63) is 29.7 Å². The van der Waals surface area contributed by atoms with Crippen LogP contribution in [-0.4, -0.2) is 4.98 Å². The summed E-state index contributed by atoms with van der Waals surface area (Å²) < 4.78 is 5.76. The zero-order valence-corrected chi connectivity index (χ0v) is 12.2. The predicted molar refractivity (Wildman–Crippen MR) is 80.4 cm³/mol. The number of aryl methyl sites for hydroxylation is 2. The van der Waals surface area contributed by atoms with Gasteiger partial charge in [0.05, 0.1) is 0 Å². The van der Waals surface area contributed by atoms with E-state index in [1.807, 2.05) is 6.07 Å². The summed E-state index contributed by atoms with van der Waals surface area (Å²) in [5, 5.41) is 0. The summed E-state index contributed by atoms with van der Waals surface area (Å²) in [5.41, 5.74) is 3.16. The molecule has 19 heavy (non-hydrogen) atoms. The van der Waals surface area contributed by atoms with Gasteiger partial charge in [-0.1, -0.05) is 51.5 Å². The SMILES string of the molecule is CCCCCCCCCc1nc2cc(C)ccc2o1. The topological polar surface area (TPSA) is 26.0 Å². The van der Waals surface area contributed by atoms with Crippen LogP contribution in [0.2, 0.25) is 0 Å². The van der Waals surface area contributed by atoms with Gasteiger partial charge in [0.25, 0.3) is 0 Å². The smallest absolute Gasteiger partial charge is 0.195 e. The molecule has 0 radical (unpaired) electrons. The third-order valence-electron chi connectivity index (χ3n) is 3.58. The molecule has 2 aromatic rings. The molecule has 2 rings (SSSR count). The van der Waals surface area contributed by atoms with Gasteiger partial charge in [-0.05, 0) is 31.0 Å². The maximum absolute atomic E-state index is 5.76. The van der Waals surface area contributed by atoms with Gasteiger partial charge in [-0.2, -0.15) is 0 Å². The van der Waals surface area contributed by atoms with Crippen LogP contribution in [0.4, 0.5) is 0 Å². The molecule has 1 aromatic carbocycles. The van der Waals surface area contributed by atoms with Crippen LogP contribution in [-0.2, 0) is 6.42 Å². The molecule has 0 aliphatic rings. The van der Waals surface area contributed by atoms with E-state index < -0.39 is 0 Å². The molecule has 1 heterocycles. The molecule has 0 saturated heterocycles. The Kier molecular flexibility index (Phi) is 5.44. The van der Waals surface area contributed by atoms with Crippen LogP contribution in [0.25, 0.3) is 11.1 Å². The van der Waals surface area contributed by atoms with E-state index in [2.05, 4.69) is 31.0 Å². The fraction of sp³-hybridized carbons (Fsp3) is 0.588. The van der Waals surface area contributed by atoms with E-state index in [1.54, 1.807) is 0 Å². The molecule has 0 amide bonds. The summed E-state index contributed by atoms with van der Waals surface area (Å²) >= 11 is 0. The number of oxazole rings is 1. The van der Waals surface area contributed by atoms with Gasteiger partial charge in [-0.25, -0.2) is 4.98 Å². The van der Waals surface area contributed by atoms with Crippen molar-refractivity contribution >= 4 is 11.1 Å². The first-order valence-corrected chi connectivity index (χ1v) is 7.65. The quantitative estimate of drug-likeness (QED) is 0.591. The van der Waals surface area contributed by atoms with E-state index in [9.17, 15) is 0 Å². The molecule has 0 N–H and O–H groups in total. The maximum atomic E-state index is 5.76. The van der Waals surface area contributed by atoms with Gasteiger partial charge in [0.1, 0.15) is 5.52 Å². The van der Waals surface area contributed by atoms with E-state index >= 15 is 0 Å². The summed E-state index contributed by atoms with van der Waals surface area (Å²) in [6, 6.07) is 6.18. The second-order valence-corrected chi connectivity index (χ2v) is 5.45. The Bertz CT molecular complexity index is 501. The Morgan fingerprint density at radius 2 is 1.74 bits per heavy atom. The molecule has 104 valence electrons. The van der Waals surface area contributed by atoms with Crippen molar-refractivity contribution in [1.29, 1.82) is 0 Å². The molecule has 0 saturated carbocycles. The fourth-order valence-corrected chi connectivity index (χ4v) is 2.43. The highest BCUT2D eigenvalue weighted by Crippen LogP contribution is 2.18. The summed E-state index contributed by atoms with van der Waals surface area (Å²) in [5.74, 6) is 0.897. The van der Waals surface area contributed by atoms with Crippen molar-refractivity contribution in [1.82, 2.24) is 4.98 Å². The van der Waals surface area contributed by atoms with E-state index in [0.29, 0.717) is 0 Å². The number of benzene rings is 1. The lowest BCUT2D eigenvalue weighted by molar-refractivity contribution is 0.504. The zero-order valence-electron chi connectivity index (χ0n) is 12.2. The first-order chi connectivity index (χ1) is 9.29. The van der Waals surface area contributed by atoms with Gasteiger partial charge in [-0.15, -0.1) is 0 Å². The second-order valence-electron chi connectivity index (χ2n) is 5.45. The van der Waals surface area contributed by atoms with Crippen molar-refractivity contribution in [2.24, 2.45) is 0 Å². The molecule has 0 fully saturated rings. The Hall–Kier alpha value is -1.31. The van der Waals surface area contributed by atoms with Crippen molar-refractivity contribution in [2.45, 2.75) is 65.2 Å². The first kappa shape index (κ1) is 14.1. The summed E-state index contributed by atoms with van der Waals surface area (Å²) in [4.78, 5) is 4.55. The summed E-state index contributed by atoms with van der Waals surface area (Å²) in [6.07, 6.45) is 10.3. The average Bonchev–Trinajstić information content (AvgIpc) is 2.79. The number of hydrogen-bond acceptors (Lipinski definition) is 2. The van der Waals surface area contributed by atoms with E-state index in [0.717, 1.165) is 23.4 Å². The van der Waals surface area contributed by atoms with Crippen LogP contribution in [0.3, 0.4) is 0 Å². The largest absolute Gasteiger partial charge is 0.441 e. The van der Waals surface area contributed by atoms with Crippen molar-refractivity contribution in [3.8, 4) is 0 Å². The van der Waals surface area contributed by atoms with Crippen molar-refractivity contribution in [2.75, 3.05) is 0 Å². The Morgan fingerprint density at radius 3 is 2.53 bits per heavy atom. The van der Waals surface area contributed by atoms with Crippen LogP contribution >= 0.6 is 0 Å². The average molecular weight is 259 g/mol. The van der Waals surface area contributed by atoms with E-state index in [1.165, 1.54) is 50.5 Å². The van der Waals surface area contributed by atoms with Gasteiger partial charge in [-0.3, -0.25) is 0 Å². The highest BCUT2D eigenvalue weighted by molar-refractivity contribution is 5.73. The number of hydrogen-bond donors (Lipinski definition) is 0. The lowest BCUT2D eigenvalue weighted by Crippen LogP contribution is -1.86. The number of aromatic nitrogens is 1. The van der Waals surface area contributed by atoms with Crippen LogP contribution < -0.4 is 0 Å². The molecule has 0 unspecified atom stereocenters. The van der Waals surface area contributed by atoms with E-state index in [4.69, 9.17) is 4.42 Å². The summed E-state index contributed by atoms with van der Waals surface area (Å²) in [7, 11) is 0. The van der Waals surface area contributed by atoms with Crippen LogP contribution in [0.5, 0.6) is 0 Å². The fourth-order valence-electron chi connectivity index (χ4n) is 2.43. The Balaban J connectivity index is 1.72. The lowest BCUT2D eigenvalue weighted by atomic mass is 10.1. The van der Waals surface area contributed by atoms with Gasteiger partial charge >= 0.3 is 0 Å². The molecule has 0 aliphatic carbocycles. The van der Waals surface area contributed by atoms with Crippen LogP contribution in [0, 0.1) is 6.92 Å². The highest BCUT2D eigenvalue weighted by Gasteiger charge is 2.05. The molecule has 0 aliphatic heterocycles. The van der Waals surface area contributed by atoms with Gasteiger partial charge in [0.2, 0.25) is 0 Å². The lowest BCUT2D eigenvalue weighted by Gasteiger charge is -1.99. The van der Waals surface area contributed by atoms with Crippen LogP contribution in [0.15, 0.2) is 22.6 Å². The molecule has 0 atom stereocenters. The molecule has 2 heteroatoms. The maximum Gasteiger partial charge on any atom is 0.195 e. The third kappa shape index (κ3) is 4.38. The second kappa shape index (κ2) is 7.32. The van der Waals surface area contributed by atoms with Gasteiger partial charge in [0.15, 0.2) is 11.5 Å². The normalized spacial score (nSPS) is 11.3. The van der Waals surface area contributed by atoms with E-state index in [-0.39, 0.29) is 0 Å².